The average molecular weight is 747 g/mol. The number of carbonyl (C=O) groups excluding carboxylic acids is 3. The molecule has 298 valence electrons. The molecule has 0 aliphatic heterocycles. The predicted octanol–water partition coefficient (Wildman–Crippen LogP) is 8.87. The summed E-state index contributed by atoms with van der Waals surface area (Å²) in [5.74, 6) is -0.112. The van der Waals surface area contributed by atoms with E-state index in [0.29, 0.717) is 19.3 Å². The number of phosphoric acid groups is 1. The number of ether oxygens (including phenoxy) is 2. The van der Waals surface area contributed by atoms with Crippen LogP contribution < -0.4 is 0 Å². The van der Waals surface area contributed by atoms with Crippen molar-refractivity contribution >= 4 is 25.5 Å². The summed E-state index contributed by atoms with van der Waals surface area (Å²) in [6.07, 6.45) is 25.5. The van der Waals surface area contributed by atoms with Crippen molar-refractivity contribution in [2.75, 3.05) is 26.4 Å². The van der Waals surface area contributed by atoms with Gasteiger partial charge in [0.2, 0.25) is 0 Å². The van der Waals surface area contributed by atoms with E-state index >= 15 is 0 Å². The number of rotatable bonds is 36. The van der Waals surface area contributed by atoms with E-state index in [1.165, 1.54) is 57.8 Å². The highest BCUT2D eigenvalue weighted by Crippen LogP contribution is 2.43. The standard InChI is InChI=1S/C39H71O11P/c1-4-6-7-8-11-16-21-26-35(41)27-22-17-14-19-23-28-38(43)47-32-37(33-49-51(45,46)48-31-36(42)30-40)50-39(44)29-24-18-13-10-9-12-15-20-25-34(3)5-2/h11,16,21,26,34,36-37,40,42H,4-10,12-15,17-20,22-25,27-33H2,1-3H3,(H,45,46)/b16-11-,26-21+/t34?,36-,37+/m0/s1. The minimum atomic E-state index is -4.64. The molecule has 0 radical (unpaired) electrons. The number of allylic oxidation sites excluding steroid dienone is 4. The normalized spacial score (nSPS) is 14.8. The Labute approximate surface area is 308 Å². The van der Waals surface area contributed by atoms with E-state index in [9.17, 15) is 28.9 Å². The molecule has 0 aliphatic rings. The summed E-state index contributed by atoms with van der Waals surface area (Å²) in [6, 6.07) is 0. The summed E-state index contributed by atoms with van der Waals surface area (Å²) < 4.78 is 32.5. The lowest BCUT2D eigenvalue weighted by Crippen LogP contribution is -2.29. The number of aliphatic hydroxyl groups is 2. The zero-order valence-electron chi connectivity index (χ0n) is 32.0. The third-order valence-corrected chi connectivity index (χ3v) is 9.58. The quantitative estimate of drug-likeness (QED) is 0.0184. The molecule has 0 aromatic rings. The molecule has 0 rings (SSSR count). The third-order valence-electron chi connectivity index (χ3n) is 8.63. The first kappa shape index (κ1) is 49.1. The Kier molecular flexibility index (Phi) is 32.7. The summed E-state index contributed by atoms with van der Waals surface area (Å²) in [4.78, 5) is 46.8. The molecule has 0 amide bonds. The third kappa shape index (κ3) is 33.7. The molecule has 12 heteroatoms. The highest BCUT2D eigenvalue weighted by Gasteiger charge is 2.27. The maximum absolute atomic E-state index is 12.5. The summed E-state index contributed by atoms with van der Waals surface area (Å²) in [7, 11) is -4.64. The van der Waals surface area contributed by atoms with Gasteiger partial charge in [0.05, 0.1) is 19.8 Å². The van der Waals surface area contributed by atoms with Crippen LogP contribution in [0.5, 0.6) is 0 Å². The topological polar surface area (TPSA) is 166 Å². The van der Waals surface area contributed by atoms with Gasteiger partial charge >= 0.3 is 19.8 Å². The van der Waals surface area contributed by atoms with Crippen LogP contribution in [0.1, 0.15) is 162 Å². The van der Waals surface area contributed by atoms with E-state index in [0.717, 1.165) is 57.3 Å². The van der Waals surface area contributed by atoms with Crippen molar-refractivity contribution in [2.45, 2.75) is 174 Å². The van der Waals surface area contributed by atoms with Crippen molar-refractivity contribution in [2.24, 2.45) is 5.92 Å². The number of hydrogen-bond acceptors (Lipinski definition) is 10. The fraction of sp³-hybridized carbons (Fsp3) is 0.821. The first-order valence-electron chi connectivity index (χ1n) is 19.6. The molecule has 0 aromatic carbocycles. The van der Waals surface area contributed by atoms with Gasteiger partial charge in [0, 0.05) is 19.3 Å². The van der Waals surface area contributed by atoms with Gasteiger partial charge in [0.25, 0.3) is 0 Å². The van der Waals surface area contributed by atoms with Gasteiger partial charge in [0.1, 0.15) is 12.7 Å². The lowest BCUT2D eigenvalue weighted by molar-refractivity contribution is -0.161. The predicted molar refractivity (Wildman–Crippen MR) is 201 cm³/mol. The SMILES string of the molecule is CCCCC/C=C\C=C\C(=O)CCCCCCCC(=O)OC[C@H](COP(=O)(O)OC[C@@H](O)CO)OC(=O)CCCCCCCCCCC(C)CC. The Morgan fingerprint density at radius 1 is 0.706 bits per heavy atom. The number of esters is 2. The van der Waals surface area contributed by atoms with Crippen LogP contribution in [0.15, 0.2) is 24.3 Å². The molecule has 3 N–H and O–H groups in total. The van der Waals surface area contributed by atoms with Crippen molar-refractivity contribution in [3.05, 3.63) is 24.3 Å². The molecule has 0 heterocycles. The molecule has 0 saturated carbocycles. The minimum Gasteiger partial charge on any atom is -0.462 e. The van der Waals surface area contributed by atoms with Crippen molar-refractivity contribution in [1.82, 2.24) is 0 Å². The Hall–Kier alpha value is -1.88. The molecule has 0 saturated heterocycles. The summed E-state index contributed by atoms with van der Waals surface area (Å²) >= 11 is 0. The molecular weight excluding hydrogens is 675 g/mol. The number of unbranched alkanes of at least 4 members (excludes halogenated alkanes) is 14. The van der Waals surface area contributed by atoms with Crippen molar-refractivity contribution < 1.29 is 52.6 Å². The number of hydrogen-bond donors (Lipinski definition) is 3. The van der Waals surface area contributed by atoms with Gasteiger partial charge in [-0.15, -0.1) is 0 Å². The highest BCUT2D eigenvalue weighted by atomic mass is 31.2. The second-order valence-corrected chi connectivity index (χ2v) is 15.0. The molecule has 51 heavy (non-hydrogen) atoms. The van der Waals surface area contributed by atoms with Crippen LogP contribution in [0.2, 0.25) is 0 Å². The molecule has 2 unspecified atom stereocenters. The molecule has 4 atom stereocenters. The molecule has 0 fully saturated rings. The summed E-state index contributed by atoms with van der Waals surface area (Å²) in [5.41, 5.74) is 0. The van der Waals surface area contributed by atoms with E-state index in [1.54, 1.807) is 12.2 Å². The van der Waals surface area contributed by atoms with Gasteiger partial charge in [-0.05, 0) is 44.1 Å². The summed E-state index contributed by atoms with van der Waals surface area (Å²) in [5, 5.41) is 18.3. The summed E-state index contributed by atoms with van der Waals surface area (Å²) in [6.45, 7) is 4.48. The fourth-order valence-corrected chi connectivity index (χ4v) is 5.92. The second kappa shape index (κ2) is 33.9. The van der Waals surface area contributed by atoms with E-state index < -0.39 is 51.8 Å². The number of phosphoric ester groups is 1. The zero-order chi connectivity index (χ0) is 38.0. The largest absolute Gasteiger partial charge is 0.472 e. The van der Waals surface area contributed by atoms with Crippen molar-refractivity contribution in [3.8, 4) is 0 Å². The van der Waals surface area contributed by atoms with E-state index in [4.69, 9.17) is 19.1 Å². The lowest BCUT2D eigenvalue weighted by Gasteiger charge is -2.20. The van der Waals surface area contributed by atoms with Crippen LogP contribution in [0.25, 0.3) is 0 Å². The Balaban J connectivity index is 4.45. The van der Waals surface area contributed by atoms with Gasteiger partial charge in [-0.1, -0.05) is 129 Å². The van der Waals surface area contributed by atoms with Gasteiger partial charge in [-0.2, -0.15) is 0 Å². The van der Waals surface area contributed by atoms with Crippen LogP contribution in [-0.2, 0) is 37.5 Å². The monoisotopic (exact) mass is 746 g/mol. The molecule has 0 bridgehead atoms. The fourth-order valence-electron chi connectivity index (χ4n) is 5.13. The molecule has 0 spiro atoms. The van der Waals surface area contributed by atoms with Crippen LogP contribution in [0.4, 0.5) is 0 Å². The van der Waals surface area contributed by atoms with E-state index in [-0.39, 0.29) is 25.2 Å². The van der Waals surface area contributed by atoms with E-state index in [1.807, 2.05) is 6.08 Å². The second-order valence-electron chi connectivity index (χ2n) is 13.6. The van der Waals surface area contributed by atoms with Gasteiger partial charge in [0.15, 0.2) is 11.9 Å². The first-order valence-corrected chi connectivity index (χ1v) is 21.1. The Bertz CT molecular complexity index is 984. The highest BCUT2D eigenvalue weighted by molar-refractivity contribution is 7.47. The van der Waals surface area contributed by atoms with Crippen molar-refractivity contribution in [1.29, 1.82) is 0 Å². The number of carbonyl (C=O) groups is 3. The Morgan fingerprint density at radius 2 is 1.27 bits per heavy atom. The average Bonchev–Trinajstić information content (AvgIpc) is 3.11. The molecular formula is C39H71O11P. The van der Waals surface area contributed by atoms with Crippen LogP contribution >= 0.6 is 7.82 Å². The van der Waals surface area contributed by atoms with Crippen LogP contribution in [0, 0.1) is 5.92 Å². The van der Waals surface area contributed by atoms with Crippen LogP contribution in [-0.4, -0.2) is 71.5 Å². The van der Waals surface area contributed by atoms with E-state index in [2.05, 4.69) is 31.4 Å². The van der Waals surface area contributed by atoms with Gasteiger partial charge in [-0.3, -0.25) is 23.4 Å². The lowest BCUT2D eigenvalue weighted by atomic mass is 9.99. The molecule has 11 nitrogen and oxygen atoms in total. The maximum Gasteiger partial charge on any atom is 0.472 e. The van der Waals surface area contributed by atoms with Gasteiger partial charge in [-0.25, -0.2) is 4.57 Å². The zero-order valence-corrected chi connectivity index (χ0v) is 32.9. The number of ketones is 1. The van der Waals surface area contributed by atoms with Crippen molar-refractivity contribution in [3.63, 3.8) is 0 Å². The van der Waals surface area contributed by atoms with Gasteiger partial charge < -0.3 is 24.6 Å². The maximum atomic E-state index is 12.5. The van der Waals surface area contributed by atoms with Crippen LogP contribution in [0.3, 0.4) is 0 Å². The smallest absolute Gasteiger partial charge is 0.462 e. The first-order chi connectivity index (χ1) is 24.5. The molecule has 0 aliphatic carbocycles. The minimum absolute atomic E-state index is 0.108. The Morgan fingerprint density at radius 3 is 1.88 bits per heavy atom. The molecule has 0 aromatic heterocycles. The number of aliphatic hydroxyl groups excluding tert-OH is 2.